The number of imide groups is 1. The van der Waals surface area contributed by atoms with E-state index in [0.717, 1.165) is 0 Å². The standard InChI is InChI=1S/C18H15FN2O3/c19-12-5-3-4-11(8-12)16-20-13(10-24-16)9-21-17(22)14-6-1-2-7-15(14)18(21)23/h1-5,8,10,14-15H,6-7,9H2/t14-,15+. The van der Waals surface area contributed by atoms with Crippen LogP contribution in [-0.4, -0.2) is 21.7 Å². The second-order valence-electron chi connectivity index (χ2n) is 6.07. The summed E-state index contributed by atoms with van der Waals surface area (Å²) < 4.78 is 18.7. The summed E-state index contributed by atoms with van der Waals surface area (Å²) in [7, 11) is 0. The molecule has 2 atom stereocenters. The molecule has 0 spiro atoms. The quantitative estimate of drug-likeness (QED) is 0.643. The molecule has 2 aromatic rings. The van der Waals surface area contributed by atoms with E-state index < -0.39 is 0 Å². The highest BCUT2D eigenvalue weighted by Crippen LogP contribution is 2.35. The lowest BCUT2D eigenvalue weighted by Gasteiger charge is -2.14. The van der Waals surface area contributed by atoms with Crippen LogP contribution in [0.25, 0.3) is 11.5 Å². The van der Waals surface area contributed by atoms with Crippen LogP contribution in [0.3, 0.4) is 0 Å². The van der Waals surface area contributed by atoms with Gasteiger partial charge in [0.15, 0.2) is 0 Å². The van der Waals surface area contributed by atoms with Gasteiger partial charge in [-0.2, -0.15) is 0 Å². The molecule has 2 amide bonds. The number of halogens is 1. The predicted molar refractivity (Wildman–Crippen MR) is 82.8 cm³/mol. The molecular formula is C18H15FN2O3. The number of amides is 2. The van der Waals surface area contributed by atoms with Crippen LogP contribution in [0.1, 0.15) is 18.5 Å². The van der Waals surface area contributed by atoms with Gasteiger partial charge in [-0.1, -0.05) is 18.2 Å². The van der Waals surface area contributed by atoms with E-state index in [1.165, 1.54) is 23.3 Å². The Morgan fingerprint density at radius 2 is 1.88 bits per heavy atom. The molecule has 0 radical (unpaired) electrons. The molecule has 1 aromatic heterocycles. The SMILES string of the molecule is O=C1[C@H]2CC=CC[C@H]2C(=O)N1Cc1coc(-c2cccc(F)c2)n1. The third-order valence-electron chi connectivity index (χ3n) is 4.54. The van der Waals surface area contributed by atoms with Gasteiger partial charge in [0.05, 0.1) is 24.1 Å². The van der Waals surface area contributed by atoms with Gasteiger partial charge in [0.2, 0.25) is 17.7 Å². The van der Waals surface area contributed by atoms with Gasteiger partial charge in [0.1, 0.15) is 12.1 Å². The van der Waals surface area contributed by atoms with Gasteiger partial charge in [0.25, 0.3) is 0 Å². The number of carbonyl (C=O) groups excluding carboxylic acids is 2. The maximum absolute atomic E-state index is 13.3. The molecule has 1 fully saturated rings. The molecule has 1 aliphatic heterocycles. The van der Waals surface area contributed by atoms with Gasteiger partial charge >= 0.3 is 0 Å². The molecule has 6 heteroatoms. The van der Waals surface area contributed by atoms with Gasteiger partial charge in [-0.25, -0.2) is 9.37 Å². The van der Waals surface area contributed by atoms with E-state index in [1.54, 1.807) is 12.1 Å². The lowest BCUT2D eigenvalue weighted by molar-refractivity contribution is -0.140. The van der Waals surface area contributed by atoms with Gasteiger partial charge in [-0.3, -0.25) is 14.5 Å². The number of nitrogens with zero attached hydrogens (tertiary/aromatic N) is 2. The Hall–Kier alpha value is -2.76. The molecule has 122 valence electrons. The lowest BCUT2D eigenvalue weighted by Crippen LogP contribution is -2.30. The number of likely N-dealkylation sites (tertiary alicyclic amines) is 1. The number of fused-ring (bicyclic) bond motifs is 1. The monoisotopic (exact) mass is 326 g/mol. The fraction of sp³-hybridized carbons (Fsp3) is 0.278. The summed E-state index contributed by atoms with van der Waals surface area (Å²) >= 11 is 0. The van der Waals surface area contributed by atoms with Gasteiger partial charge in [-0.05, 0) is 31.0 Å². The smallest absolute Gasteiger partial charge is 0.233 e. The van der Waals surface area contributed by atoms with Crippen molar-refractivity contribution in [2.75, 3.05) is 0 Å². The summed E-state index contributed by atoms with van der Waals surface area (Å²) in [5.74, 6) is -0.917. The molecule has 0 N–H and O–H groups in total. The number of aromatic nitrogens is 1. The number of carbonyl (C=O) groups is 2. The number of allylic oxidation sites excluding steroid dienone is 2. The Bertz CT molecular complexity index is 816. The summed E-state index contributed by atoms with van der Waals surface area (Å²) in [6.07, 6.45) is 6.53. The summed E-state index contributed by atoms with van der Waals surface area (Å²) in [5, 5.41) is 0. The summed E-state index contributed by atoms with van der Waals surface area (Å²) in [6.45, 7) is 0.0868. The van der Waals surface area contributed by atoms with E-state index in [4.69, 9.17) is 4.42 Å². The molecule has 5 nitrogen and oxygen atoms in total. The van der Waals surface area contributed by atoms with Crippen molar-refractivity contribution in [1.82, 2.24) is 9.88 Å². The van der Waals surface area contributed by atoms with Crippen LogP contribution in [0, 0.1) is 17.7 Å². The second kappa shape index (κ2) is 5.70. The molecule has 1 saturated heterocycles. The molecule has 1 aromatic carbocycles. The van der Waals surface area contributed by atoms with E-state index in [9.17, 15) is 14.0 Å². The normalized spacial score (nSPS) is 23.0. The van der Waals surface area contributed by atoms with Gasteiger partial charge in [-0.15, -0.1) is 0 Å². The van der Waals surface area contributed by atoms with Crippen molar-refractivity contribution in [3.8, 4) is 11.5 Å². The molecule has 0 saturated carbocycles. The third kappa shape index (κ3) is 2.44. The Kier molecular flexibility index (Phi) is 3.52. The van der Waals surface area contributed by atoms with Crippen molar-refractivity contribution >= 4 is 11.8 Å². The Balaban J connectivity index is 1.54. The first-order valence-electron chi connectivity index (χ1n) is 7.84. The first-order valence-corrected chi connectivity index (χ1v) is 7.84. The molecule has 0 bridgehead atoms. The third-order valence-corrected chi connectivity index (χ3v) is 4.54. The van der Waals surface area contributed by atoms with Crippen LogP contribution < -0.4 is 0 Å². The maximum Gasteiger partial charge on any atom is 0.233 e. The molecule has 4 rings (SSSR count). The Labute approximate surface area is 137 Å². The minimum atomic E-state index is -0.381. The van der Waals surface area contributed by atoms with Crippen LogP contribution in [0.5, 0.6) is 0 Å². The predicted octanol–water partition coefficient (Wildman–Crippen LogP) is 2.93. The highest BCUT2D eigenvalue weighted by atomic mass is 19.1. The van der Waals surface area contributed by atoms with Crippen molar-refractivity contribution in [3.63, 3.8) is 0 Å². The number of oxazole rings is 1. The lowest BCUT2D eigenvalue weighted by atomic mass is 9.85. The van der Waals surface area contributed by atoms with E-state index in [0.29, 0.717) is 24.1 Å². The molecule has 1 aliphatic carbocycles. The maximum atomic E-state index is 13.3. The van der Waals surface area contributed by atoms with Crippen LogP contribution in [0.4, 0.5) is 4.39 Å². The zero-order chi connectivity index (χ0) is 16.7. The van der Waals surface area contributed by atoms with E-state index >= 15 is 0 Å². The van der Waals surface area contributed by atoms with Crippen LogP contribution in [0.15, 0.2) is 47.1 Å². The number of hydrogen-bond acceptors (Lipinski definition) is 4. The molecule has 2 heterocycles. The number of rotatable bonds is 3. The van der Waals surface area contributed by atoms with E-state index in [1.807, 2.05) is 12.2 Å². The largest absolute Gasteiger partial charge is 0.444 e. The zero-order valence-corrected chi connectivity index (χ0v) is 12.8. The van der Waals surface area contributed by atoms with Crippen molar-refractivity contribution in [2.24, 2.45) is 11.8 Å². The average Bonchev–Trinajstić information content (AvgIpc) is 3.15. The van der Waals surface area contributed by atoms with Crippen molar-refractivity contribution in [2.45, 2.75) is 19.4 Å². The molecular weight excluding hydrogens is 311 g/mol. The van der Waals surface area contributed by atoms with Crippen molar-refractivity contribution in [1.29, 1.82) is 0 Å². The summed E-state index contributed by atoms with van der Waals surface area (Å²) in [5.41, 5.74) is 0.987. The topological polar surface area (TPSA) is 63.4 Å². The molecule has 2 aliphatic rings. The van der Waals surface area contributed by atoms with Crippen molar-refractivity contribution in [3.05, 3.63) is 54.2 Å². The van der Waals surface area contributed by atoms with Crippen LogP contribution >= 0.6 is 0 Å². The van der Waals surface area contributed by atoms with Gasteiger partial charge in [0, 0.05) is 5.56 Å². The Morgan fingerprint density at radius 1 is 1.17 bits per heavy atom. The fourth-order valence-corrected chi connectivity index (χ4v) is 3.32. The number of hydrogen-bond donors (Lipinski definition) is 0. The van der Waals surface area contributed by atoms with E-state index in [2.05, 4.69) is 4.98 Å². The first-order chi connectivity index (χ1) is 11.6. The highest BCUT2D eigenvalue weighted by molar-refractivity contribution is 6.05. The second-order valence-corrected chi connectivity index (χ2v) is 6.07. The Morgan fingerprint density at radius 3 is 2.54 bits per heavy atom. The van der Waals surface area contributed by atoms with Crippen LogP contribution in [0.2, 0.25) is 0 Å². The van der Waals surface area contributed by atoms with Gasteiger partial charge < -0.3 is 4.42 Å². The van der Waals surface area contributed by atoms with Crippen molar-refractivity contribution < 1.29 is 18.4 Å². The summed E-state index contributed by atoms with van der Waals surface area (Å²) in [4.78, 5) is 30.4. The fourth-order valence-electron chi connectivity index (χ4n) is 3.32. The van der Waals surface area contributed by atoms with Crippen LogP contribution in [-0.2, 0) is 16.1 Å². The average molecular weight is 326 g/mol. The highest BCUT2D eigenvalue weighted by Gasteiger charge is 2.47. The minimum Gasteiger partial charge on any atom is -0.444 e. The zero-order valence-electron chi connectivity index (χ0n) is 12.8. The number of benzene rings is 1. The summed E-state index contributed by atoms with van der Waals surface area (Å²) in [6, 6.07) is 5.91. The van der Waals surface area contributed by atoms with E-state index in [-0.39, 0.29) is 41.9 Å². The molecule has 0 unspecified atom stereocenters. The minimum absolute atomic E-state index is 0.0868. The first kappa shape index (κ1) is 14.8. The molecule has 24 heavy (non-hydrogen) atoms.